The number of likely N-dealkylation sites (tertiary alicyclic amines) is 1. The third kappa shape index (κ3) is 5.11. The van der Waals surface area contributed by atoms with E-state index in [4.69, 9.17) is 16.7 Å². The van der Waals surface area contributed by atoms with Gasteiger partial charge in [-0.15, -0.1) is 0 Å². The summed E-state index contributed by atoms with van der Waals surface area (Å²) in [6.07, 6.45) is 5.16. The predicted molar refractivity (Wildman–Crippen MR) is 141 cm³/mol. The highest BCUT2D eigenvalue weighted by Gasteiger charge is 2.32. The first-order valence-electron chi connectivity index (χ1n) is 12.0. The van der Waals surface area contributed by atoms with Gasteiger partial charge in [-0.2, -0.15) is 5.10 Å². The maximum absolute atomic E-state index is 13.5. The Morgan fingerprint density at radius 3 is 2.50 bits per heavy atom. The van der Waals surface area contributed by atoms with E-state index in [1.54, 1.807) is 0 Å². The van der Waals surface area contributed by atoms with E-state index >= 15 is 0 Å². The number of benzene rings is 2. The summed E-state index contributed by atoms with van der Waals surface area (Å²) in [5.74, 6) is 0.0923. The Labute approximate surface area is 207 Å². The molecule has 0 N–H and O–H groups in total. The highest BCUT2D eigenvalue weighted by Crippen LogP contribution is 2.24. The number of nitrogens with zero attached hydrogens (tertiary/aromatic N) is 4. The van der Waals surface area contributed by atoms with Crippen LogP contribution >= 0.6 is 11.6 Å². The quantitative estimate of drug-likeness (QED) is 0.400. The molecule has 0 bridgehead atoms. The van der Waals surface area contributed by atoms with Gasteiger partial charge >= 0.3 is 0 Å². The van der Waals surface area contributed by atoms with Gasteiger partial charge < -0.3 is 4.90 Å². The number of aromatic nitrogens is 2. The summed E-state index contributed by atoms with van der Waals surface area (Å²) in [6, 6.07) is 16.4. The minimum atomic E-state index is 0.0923. The fourth-order valence-corrected chi connectivity index (χ4v) is 4.98. The van der Waals surface area contributed by atoms with Crippen LogP contribution < -0.4 is 0 Å². The van der Waals surface area contributed by atoms with Crippen molar-refractivity contribution in [3.63, 3.8) is 0 Å². The van der Waals surface area contributed by atoms with E-state index in [1.165, 1.54) is 0 Å². The zero-order chi connectivity index (χ0) is 24.2. The number of rotatable bonds is 7. The van der Waals surface area contributed by atoms with Gasteiger partial charge in [0.15, 0.2) is 0 Å². The number of carbonyl (C=O) groups excluding carboxylic acids is 1. The predicted octanol–water partition coefficient (Wildman–Crippen LogP) is 5.87. The maximum Gasteiger partial charge on any atom is 0.257 e. The molecule has 4 rings (SSSR count). The summed E-state index contributed by atoms with van der Waals surface area (Å²) in [5.41, 5.74) is 5.48. The number of hydrogen-bond donors (Lipinski definition) is 0. The summed E-state index contributed by atoms with van der Waals surface area (Å²) in [6.45, 7) is 11.9. The summed E-state index contributed by atoms with van der Waals surface area (Å²) < 4.78 is 1.89. The minimum absolute atomic E-state index is 0.0923. The Hall–Kier alpha value is -2.89. The smallest absolute Gasteiger partial charge is 0.257 e. The molecule has 0 saturated carbocycles. The monoisotopic (exact) mass is 476 g/mol. The van der Waals surface area contributed by atoms with E-state index in [0.29, 0.717) is 6.04 Å². The number of halogens is 1. The second-order valence-electron chi connectivity index (χ2n) is 8.85. The van der Waals surface area contributed by atoms with Crippen molar-refractivity contribution in [1.29, 1.82) is 0 Å². The molecule has 0 spiro atoms. The molecule has 0 radical (unpaired) electrons. The van der Waals surface area contributed by atoms with Gasteiger partial charge in [-0.3, -0.25) is 9.69 Å². The van der Waals surface area contributed by atoms with Crippen LogP contribution in [-0.2, 0) is 0 Å². The second kappa shape index (κ2) is 10.6. The summed E-state index contributed by atoms with van der Waals surface area (Å²) in [5, 5.41) is 5.48. The van der Waals surface area contributed by atoms with Crippen LogP contribution in [0.1, 0.15) is 53.1 Å². The van der Waals surface area contributed by atoms with Crippen LogP contribution in [0.5, 0.6) is 0 Å². The molecular formula is C28H33ClN4O. The van der Waals surface area contributed by atoms with E-state index in [1.807, 2.05) is 59.8 Å². The first-order chi connectivity index (χ1) is 16.4. The van der Waals surface area contributed by atoms with E-state index < -0.39 is 0 Å². The Balaban J connectivity index is 1.55. The van der Waals surface area contributed by atoms with Crippen molar-refractivity contribution in [2.24, 2.45) is 0 Å². The number of aryl methyl sites for hydroxylation is 1. The molecule has 1 amide bonds. The third-order valence-corrected chi connectivity index (χ3v) is 6.99. The lowest BCUT2D eigenvalue weighted by atomic mass is 10.1. The van der Waals surface area contributed by atoms with Crippen molar-refractivity contribution in [2.75, 3.05) is 26.2 Å². The van der Waals surface area contributed by atoms with E-state index in [-0.39, 0.29) is 5.91 Å². The van der Waals surface area contributed by atoms with Crippen molar-refractivity contribution in [1.82, 2.24) is 19.6 Å². The fraction of sp³-hybridized carbons (Fsp3) is 0.357. The molecule has 1 aliphatic rings. The van der Waals surface area contributed by atoms with Gasteiger partial charge in [0.2, 0.25) is 0 Å². The van der Waals surface area contributed by atoms with E-state index in [0.717, 1.165) is 71.4 Å². The first-order valence-corrected chi connectivity index (χ1v) is 12.4. The van der Waals surface area contributed by atoms with Gasteiger partial charge in [-0.25, -0.2) is 4.68 Å². The van der Waals surface area contributed by atoms with Gasteiger partial charge in [-0.1, -0.05) is 61.9 Å². The first kappa shape index (κ1) is 24.2. The normalized spacial score (nSPS) is 16.2. The highest BCUT2D eigenvalue weighted by atomic mass is 35.5. The Bertz CT molecular complexity index is 1180. The average Bonchev–Trinajstić information content (AvgIpc) is 3.44. The summed E-state index contributed by atoms with van der Waals surface area (Å²) in [4.78, 5) is 17.9. The standard InChI is InChI=1S/C28H33ClN4O/c1-5-31(6-2)26-16-17-32(19-26)28(34)27-20(3)30-33(21(27)4)25-9-7-8-23(18-25)11-10-22-12-14-24(29)15-13-22/h7-15,18,26H,5-6,16-17,19H2,1-4H3. The molecule has 34 heavy (non-hydrogen) atoms. The molecule has 0 aliphatic carbocycles. The zero-order valence-electron chi connectivity index (χ0n) is 20.5. The van der Waals surface area contributed by atoms with Gasteiger partial charge in [0.25, 0.3) is 5.91 Å². The van der Waals surface area contributed by atoms with Gasteiger partial charge in [-0.05, 0) is 68.8 Å². The SMILES string of the molecule is CCN(CC)C1CCN(C(=O)c2c(C)nn(-c3cccc(C=Cc4ccc(Cl)cc4)c3)c2C)C1. The van der Waals surface area contributed by atoms with Crippen molar-refractivity contribution in [2.45, 2.75) is 40.2 Å². The lowest BCUT2D eigenvalue weighted by molar-refractivity contribution is 0.0776. The molecule has 1 aromatic heterocycles. The molecule has 1 saturated heterocycles. The third-order valence-electron chi connectivity index (χ3n) is 6.74. The molecular weight excluding hydrogens is 444 g/mol. The fourth-order valence-electron chi connectivity index (χ4n) is 4.85. The van der Waals surface area contributed by atoms with Crippen molar-refractivity contribution < 1.29 is 4.79 Å². The van der Waals surface area contributed by atoms with E-state index in [9.17, 15) is 4.79 Å². The average molecular weight is 477 g/mol. The Morgan fingerprint density at radius 1 is 1.09 bits per heavy atom. The Morgan fingerprint density at radius 2 is 1.79 bits per heavy atom. The molecule has 1 unspecified atom stereocenters. The molecule has 6 heteroatoms. The molecule has 1 fully saturated rings. The van der Waals surface area contributed by atoms with Gasteiger partial charge in [0.05, 0.1) is 22.6 Å². The van der Waals surface area contributed by atoms with E-state index in [2.05, 4.69) is 43.0 Å². The van der Waals surface area contributed by atoms with Crippen LogP contribution in [0.4, 0.5) is 0 Å². The lowest BCUT2D eigenvalue weighted by Gasteiger charge is -2.26. The minimum Gasteiger partial charge on any atom is -0.337 e. The largest absolute Gasteiger partial charge is 0.337 e. The summed E-state index contributed by atoms with van der Waals surface area (Å²) in [7, 11) is 0. The van der Waals surface area contributed by atoms with Crippen LogP contribution in [0.3, 0.4) is 0 Å². The second-order valence-corrected chi connectivity index (χ2v) is 9.29. The van der Waals surface area contributed by atoms with Crippen molar-refractivity contribution in [3.05, 3.63) is 81.6 Å². The topological polar surface area (TPSA) is 41.4 Å². The van der Waals surface area contributed by atoms with Crippen molar-refractivity contribution in [3.8, 4) is 5.69 Å². The summed E-state index contributed by atoms with van der Waals surface area (Å²) >= 11 is 5.98. The maximum atomic E-state index is 13.5. The van der Waals surface area contributed by atoms with Crippen LogP contribution in [-0.4, -0.2) is 57.7 Å². The number of amides is 1. The molecule has 5 nitrogen and oxygen atoms in total. The molecule has 2 heterocycles. The Kier molecular flexibility index (Phi) is 7.54. The van der Waals surface area contributed by atoms with Crippen LogP contribution in [0, 0.1) is 13.8 Å². The highest BCUT2D eigenvalue weighted by molar-refractivity contribution is 6.30. The van der Waals surface area contributed by atoms with Crippen LogP contribution in [0.25, 0.3) is 17.8 Å². The zero-order valence-corrected chi connectivity index (χ0v) is 21.2. The van der Waals surface area contributed by atoms with Crippen LogP contribution in [0.15, 0.2) is 48.5 Å². The van der Waals surface area contributed by atoms with Crippen LogP contribution in [0.2, 0.25) is 5.02 Å². The number of hydrogen-bond acceptors (Lipinski definition) is 3. The number of likely N-dealkylation sites (N-methyl/N-ethyl adjacent to an activating group) is 1. The lowest BCUT2D eigenvalue weighted by Crippen LogP contribution is -2.38. The molecule has 178 valence electrons. The van der Waals surface area contributed by atoms with Crippen molar-refractivity contribution >= 4 is 29.7 Å². The molecule has 1 atom stereocenters. The molecule has 3 aromatic rings. The van der Waals surface area contributed by atoms with Gasteiger partial charge in [0.1, 0.15) is 0 Å². The molecule has 1 aliphatic heterocycles. The van der Waals surface area contributed by atoms with Gasteiger partial charge in [0, 0.05) is 24.2 Å². The molecule has 2 aromatic carbocycles. The number of carbonyl (C=O) groups is 1.